The fraction of sp³-hybridized carbons (Fsp3) is 0.537. The summed E-state index contributed by atoms with van der Waals surface area (Å²) >= 11 is 0. The van der Waals surface area contributed by atoms with Gasteiger partial charge >= 0.3 is 12.1 Å². The Morgan fingerprint density at radius 2 is 1.53 bits per heavy atom. The van der Waals surface area contributed by atoms with Gasteiger partial charge in [-0.3, -0.25) is 14.4 Å². The highest BCUT2D eigenvalue weighted by Gasteiger charge is 2.39. The Balaban J connectivity index is 1.83. The van der Waals surface area contributed by atoms with E-state index in [0.29, 0.717) is 5.82 Å². The van der Waals surface area contributed by atoms with Crippen LogP contribution in [0.15, 0.2) is 54.7 Å². The molecule has 4 N–H and O–H groups in total. The number of hydrogen-bond acceptors (Lipinski definition) is 10. The molecule has 0 saturated carbocycles. The minimum atomic E-state index is -1.20. The van der Waals surface area contributed by atoms with E-state index >= 15 is 4.39 Å². The normalized spacial score (nSPS) is 12.8. The molecule has 0 unspecified atom stereocenters. The number of aliphatic hydroxyl groups is 1. The van der Waals surface area contributed by atoms with Crippen LogP contribution in [0.1, 0.15) is 71.8 Å². The molecule has 3 rings (SSSR count). The van der Waals surface area contributed by atoms with E-state index in [-0.39, 0.29) is 83.4 Å². The molecule has 320 valence electrons. The molecule has 0 aliphatic heterocycles. The monoisotopic (exact) mass is 817 g/mol. The summed E-state index contributed by atoms with van der Waals surface area (Å²) in [6.07, 6.45) is 0.525. The van der Waals surface area contributed by atoms with Crippen LogP contribution in [0.25, 0.3) is 11.3 Å². The number of rotatable bonds is 23. The lowest BCUT2D eigenvalue weighted by molar-refractivity contribution is -0.140. The number of benzene rings is 2. The Morgan fingerprint density at radius 3 is 2.14 bits per heavy atom. The number of carbonyl (C=O) groups is 4. The number of aromatic nitrogens is 2. The quantitative estimate of drug-likeness (QED) is 0.0971. The van der Waals surface area contributed by atoms with Gasteiger partial charge in [-0.15, -0.1) is 0 Å². The smallest absolute Gasteiger partial charge is 0.408 e. The predicted molar refractivity (Wildman–Crippen MR) is 210 cm³/mol. The van der Waals surface area contributed by atoms with Gasteiger partial charge in [0.25, 0.3) is 0 Å². The summed E-state index contributed by atoms with van der Waals surface area (Å²) in [7, 11) is 0. The number of nitrogens with one attached hydrogen (secondary N) is 2. The predicted octanol–water partition coefficient (Wildman–Crippen LogP) is 4.71. The maximum Gasteiger partial charge on any atom is 0.408 e. The summed E-state index contributed by atoms with van der Waals surface area (Å²) in [5.41, 5.74) is -0.721. The number of carboxylic acids is 1. The first-order valence-corrected chi connectivity index (χ1v) is 19.1. The van der Waals surface area contributed by atoms with E-state index in [2.05, 4.69) is 10.6 Å². The average molecular weight is 818 g/mol. The SMILES string of the molecule is CC(C)(C)OC(=O)N[C@@H](CCN(C(=O)CO)[C@@H](c1nc(-c2cc(F)ccc2F)cn1Cc1ccccc1)C(C)(C)C)C(=O)NCCOCCOCCOCCC(=O)O. The molecule has 15 nitrogen and oxygen atoms in total. The van der Waals surface area contributed by atoms with Crippen LogP contribution in [0.5, 0.6) is 0 Å². The molecule has 1 heterocycles. The van der Waals surface area contributed by atoms with Gasteiger partial charge in [0.05, 0.1) is 57.8 Å². The summed E-state index contributed by atoms with van der Waals surface area (Å²) in [6.45, 7) is 11.1. The number of hydrogen-bond donors (Lipinski definition) is 4. The van der Waals surface area contributed by atoms with Crippen molar-refractivity contribution in [2.45, 2.75) is 78.6 Å². The third-order valence-corrected chi connectivity index (χ3v) is 8.46. The van der Waals surface area contributed by atoms with Crippen molar-refractivity contribution in [3.63, 3.8) is 0 Å². The largest absolute Gasteiger partial charge is 0.481 e. The van der Waals surface area contributed by atoms with E-state index in [1.807, 2.05) is 51.1 Å². The second-order valence-electron chi connectivity index (χ2n) is 15.5. The summed E-state index contributed by atoms with van der Waals surface area (Å²) in [5.74, 6) is -3.24. The Labute approximate surface area is 338 Å². The molecule has 58 heavy (non-hydrogen) atoms. The summed E-state index contributed by atoms with van der Waals surface area (Å²) in [4.78, 5) is 56.9. The van der Waals surface area contributed by atoms with Crippen LogP contribution in [0.2, 0.25) is 0 Å². The standard InChI is InChI=1S/C41H57F2N5O10/c1-40(2,3)36(37-45-33(30-24-29(42)12-13-31(30)43)26-47(37)25-28-10-8-7-9-11-28)48(34(50)27-49)17-14-32(46-39(54)58-41(4,5)6)38(53)44-16-19-56-21-23-57-22-20-55-18-15-35(51)52/h7-13,24,26,32,36,49H,14-23,25,27H2,1-6H3,(H,44,53)(H,46,54)(H,51,52)/t32-,36-/m0/s1. The number of aliphatic hydroxyl groups excluding tert-OH is 1. The number of imidazole rings is 1. The molecule has 17 heteroatoms. The summed E-state index contributed by atoms with van der Waals surface area (Å²) < 4.78 is 52.7. The first kappa shape index (κ1) is 47.4. The van der Waals surface area contributed by atoms with Crippen LogP contribution in [0.4, 0.5) is 13.6 Å². The Kier molecular flexibility index (Phi) is 18.7. The molecule has 0 bridgehead atoms. The molecule has 0 spiro atoms. The van der Waals surface area contributed by atoms with Gasteiger partial charge in [-0.05, 0) is 56.4 Å². The zero-order valence-corrected chi connectivity index (χ0v) is 34.1. The van der Waals surface area contributed by atoms with Crippen LogP contribution in [-0.2, 0) is 39.9 Å². The topological polar surface area (TPSA) is 191 Å². The van der Waals surface area contributed by atoms with Crippen LogP contribution in [0.3, 0.4) is 0 Å². The Morgan fingerprint density at radius 1 is 0.897 bits per heavy atom. The molecule has 0 saturated heterocycles. The molecule has 0 fully saturated rings. The second kappa shape index (κ2) is 22.8. The molecule has 0 radical (unpaired) electrons. The van der Waals surface area contributed by atoms with Crippen molar-refractivity contribution >= 4 is 23.9 Å². The van der Waals surface area contributed by atoms with Crippen molar-refractivity contribution in [2.75, 3.05) is 59.3 Å². The van der Waals surface area contributed by atoms with E-state index in [4.69, 9.17) is 29.0 Å². The highest BCUT2D eigenvalue weighted by molar-refractivity contribution is 5.86. The maximum atomic E-state index is 15.1. The van der Waals surface area contributed by atoms with Crippen molar-refractivity contribution in [3.8, 4) is 11.3 Å². The molecular formula is C41H57F2N5O10. The second-order valence-corrected chi connectivity index (χ2v) is 15.5. The van der Waals surface area contributed by atoms with Crippen LogP contribution >= 0.6 is 0 Å². The fourth-order valence-electron chi connectivity index (χ4n) is 5.92. The molecule has 1 aromatic heterocycles. The highest BCUT2D eigenvalue weighted by Crippen LogP contribution is 2.39. The Bertz CT molecular complexity index is 1780. The van der Waals surface area contributed by atoms with Crippen LogP contribution in [0, 0.1) is 17.0 Å². The minimum Gasteiger partial charge on any atom is -0.481 e. The first-order chi connectivity index (χ1) is 27.4. The zero-order valence-electron chi connectivity index (χ0n) is 34.1. The van der Waals surface area contributed by atoms with Gasteiger partial charge < -0.3 is 49.3 Å². The number of nitrogens with zero attached hydrogens (tertiary/aromatic N) is 3. The summed E-state index contributed by atoms with van der Waals surface area (Å²) in [6, 6.07) is 10.4. The molecular weight excluding hydrogens is 760 g/mol. The lowest BCUT2D eigenvalue weighted by atomic mass is 9.84. The van der Waals surface area contributed by atoms with E-state index in [1.165, 1.54) is 4.90 Å². The van der Waals surface area contributed by atoms with Crippen molar-refractivity contribution < 1.29 is 57.1 Å². The van der Waals surface area contributed by atoms with E-state index in [9.17, 15) is 28.7 Å². The molecule has 2 atom stereocenters. The molecule has 2 aromatic carbocycles. The van der Waals surface area contributed by atoms with Gasteiger partial charge in [-0.25, -0.2) is 18.6 Å². The zero-order chi connectivity index (χ0) is 42.9. The van der Waals surface area contributed by atoms with Gasteiger partial charge in [0.2, 0.25) is 11.8 Å². The molecule has 0 aliphatic rings. The molecule has 3 aromatic rings. The highest BCUT2D eigenvalue weighted by atomic mass is 19.1. The fourth-order valence-corrected chi connectivity index (χ4v) is 5.92. The number of carboxylic acid groups (broad SMARTS) is 1. The van der Waals surface area contributed by atoms with Gasteiger partial charge in [-0.1, -0.05) is 51.1 Å². The Hall–Kier alpha value is -4.97. The van der Waals surface area contributed by atoms with E-state index in [0.717, 1.165) is 23.8 Å². The number of alkyl carbamates (subject to hydrolysis) is 1. The lowest BCUT2D eigenvalue weighted by Crippen LogP contribution is -2.51. The first-order valence-electron chi connectivity index (χ1n) is 19.1. The van der Waals surface area contributed by atoms with Crippen molar-refractivity contribution in [1.29, 1.82) is 0 Å². The number of amides is 3. The van der Waals surface area contributed by atoms with Crippen molar-refractivity contribution in [1.82, 2.24) is 25.1 Å². The van der Waals surface area contributed by atoms with E-state index < -0.39 is 65.2 Å². The lowest BCUT2D eigenvalue weighted by Gasteiger charge is -2.40. The minimum absolute atomic E-state index is 0.0733. The van der Waals surface area contributed by atoms with Crippen molar-refractivity contribution in [3.05, 3.63) is 77.8 Å². The number of halogens is 2. The van der Waals surface area contributed by atoms with Gasteiger partial charge in [-0.2, -0.15) is 0 Å². The van der Waals surface area contributed by atoms with Crippen LogP contribution in [-0.4, -0.2) is 120 Å². The van der Waals surface area contributed by atoms with Crippen molar-refractivity contribution in [2.24, 2.45) is 5.41 Å². The van der Waals surface area contributed by atoms with E-state index in [1.54, 1.807) is 31.5 Å². The van der Waals surface area contributed by atoms with Gasteiger partial charge in [0, 0.05) is 31.4 Å². The number of carbonyl (C=O) groups excluding carboxylic acids is 3. The molecule has 0 aliphatic carbocycles. The number of ether oxygens (including phenoxy) is 4. The number of aliphatic carboxylic acids is 1. The average Bonchev–Trinajstić information content (AvgIpc) is 3.54. The van der Waals surface area contributed by atoms with Gasteiger partial charge in [0.15, 0.2) is 0 Å². The third-order valence-electron chi connectivity index (χ3n) is 8.46. The van der Waals surface area contributed by atoms with Crippen LogP contribution < -0.4 is 10.6 Å². The third kappa shape index (κ3) is 16.1. The maximum absolute atomic E-state index is 15.1. The van der Waals surface area contributed by atoms with Gasteiger partial charge in [0.1, 0.15) is 35.7 Å². The molecule has 3 amide bonds. The summed E-state index contributed by atoms with van der Waals surface area (Å²) in [5, 5.41) is 24.2.